The monoisotopic (exact) mass is 263 g/mol. The lowest BCUT2D eigenvalue weighted by molar-refractivity contribution is 0.0642. The fourth-order valence-corrected chi connectivity index (χ4v) is 2.55. The highest BCUT2D eigenvalue weighted by molar-refractivity contribution is 5.93. The number of aromatic nitrogens is 1. The number of carbonyl (C=O) groups excluding carboxylic acids is 1. The van der Waals surface area contributed by atoms with Gasteiger partial charge in [0, 0.05) is 25.0 Å². The Morgan fingerprint density at radius 2 is 2.42 bits per heavy atom. The van der Waals surface area contributed by atoms with Crippen LogP contribution in [0.25, 0.3) is 0 Å². The Labute approximate surface area is 113 Å². The zero-order chi connectivity index (χ0) is 13.8. The number of likely N-dealkylation sites (tertiary alicyclic amines) is 1. The van der Waals surface area contributed by atoms with Gasteiger partial charge in [-0.1, -0.05) is 6.92 Å². The predicted octanol–water partition coefficient (Wildman–Crippen LogP) is 1.36. The second-order valence-corrected chi connectivity index (χ2v) is 4.97. The molecule has 1 fully saturated rings. The van der Waals surface area contributed by atoms with Gasteiger partial charge in [0.1, 0.15) is 5.69 Å². The first-order chi connectivity index (χ1) is 9.17. The number of rotatable bonds is 4. The second-order valence-electron chi connectivity index (χ2n) is 4.97. The maximum atomic E-state index is 12.4. The number of nitrogens with one attached hydrogen (secondary N) is 1. The molecule has 19 heavy (non-hydrogen) atoms. The second kappa shape index (κ2) is 6.02. The highest BCUT2D eigenvalue weighted by Crippen LogP contribution is 2.25. The van der Waals surface area contributed by atoms with E-state index in [2.05, 4.69) is 17.2 Å². The lowest BCUT2D eigenvalue weighted by atomic mass is 10.0. The minimum Gasteiger partial charge on any atom is -0.394 e. The molecule has 1 aromatic rings. The Hall–Kier alpha value is -1.62. The number of nitrogens with zero attached hydrogens (tertiary/aromatic N) is 2. The van der Waals surface area contributed by atoms with Gasteiger partial charge in [0.25, 0.3) is 5.91 Å². The molecule has 0 spiro atoms. The predicted molar refractivity (Wildman–Crippen MR) is 74.1 cm³/mol. The molecular formula is C14H21N3O2. The van der Waals surface area contributed by atoms with E-state index in [9.17, 15) is 9.90 Å². The van der Waals surface area contributed by atoms with Crippen LogP contribution in [0.5, 0.6) is 0 Å². The molecule has 5 heteroatoms. The van der Waals surface area contributed by atoms with Crippen LogP contribution in [0.4, 0.5) is 5.69 Å². The van der Waals surface area contributed by atoms with E-state index in [1.165, 1.54) is 0 Å². The molecule has 1 aliphatic rings. The molecule has 1 aliphatic heterocycles. The van der Waals surface area contributed by atoms with Crippen molar-refractivity contribution in [1.82, 2.24) is 9.88 Å². The number of pyridine rings is 1. The summed E-state index contributed by atoms with van der Waals surface area (Å²) < 4.78 is 0. The highest BCUT2D eigenvalue weighted by Gasteiger charge is 2.34. The molecule has 2 N–H and O–H groups in total. The third-order valence-electron chi connectivity index (χ3n) is 3.69. The number of carbonyl (C=O) groups is 1. The third kappa shape index (κ3) is 2.87. The number of amides is 1. The normalized spacial score (nSPS) is 22.6. The topological polar surface area (TPSA) is 65.5 Å². The van der Waals surface area contributed by atoms with E-state index < -0.39 is 0 Å². The molecule has 1 amide bonds. The number of aliphatic hydroxyl groups excluding tert-OH is 1. The maximum absolute atomic E-state index is 12.4. The van der Waals surface area contributed by atoms with Gasteiger partial charge in [-0.15, -0.1) is 0 Å². The fraction of sp³-hybridized carbons (Fsp3) is 0.571. The first kappa shape index (κ1) is 13.8. The summed E-state index contributed by atoms with van der Waals surface area (Å²) in [5, 5.41) is 12.6. The van der Waals surface area contributed by atoms with Gasteiger partial charge >= 0.3 is 0 Å². The van der Waals surface area contributed by atoms with E-state index in [4.69, 9.17) is 0 Å². The van der Waals surface area contributed by atoms with E-state index in [1.807, 2.05) is 13.0 Å². The molecule has 2 heterocycles. The summed E-state index contributed by atoms with van der Waals surface area (Å²) >= 11 is 0. The van der Waals surface area contributed by atoms with Crippen molar-refractivity contribution in [2.24, 2.45) is 5.92 Å². The standard InChI is InChI=1S/C14H21N3O2/c1-3-15-11-4-6-16-12(8-11)14(19)17-7-5-10(2)13(17)9-18/h4,6,8,10,13,18H,3,5,7,9H2,1-2H3,(H,15,16). The van der Waals surface area contributed by atoms with Crippen LogP contribution in [0.1, 0.15) is 30.8 Å². The van der Waals surface area contributed by atoms with Crippen molar-refractivity contribution in [3.63, 3.8) is 0 Å². The lowest BCUT2D eigenvalue weighted by Crippen LogP contribution is -2.40. The van der Waals surface area contributed by atoms with E-state index in [0.29, 0.717) is 18.2 Å². The molecular weight excluding hydrogens is 242 g/mol. The van der Waals surface area contributed by atoms with Crippen molar-refractivity contribution in [3.05, 3.63) is 24.0 Å². The summed E-state index contributed by atoms with van der Waals surface area (Å²) in [5.41, 5.74) is 1.33. The van der Waals surface area contributed by atoms with Crippen LogP contribution >= 0.6 is 0 Å². The van der Waals surface area contributed by atoms with E-state index >= 15 is 0 Å². The number of hydrogen-bond donors (Lipinski definition) is 2. The fourth-order valence-electron chi connectivity index (χ4n) is 2.55. The molecule has 0 saturated carbocycles. The van der Waals surface area contributed by atoms with Crippen LogP contribution in [-0.2, 0) is 0 Å². The van der Waals surface area contributed by atoms with E-state index in [-0.39, 0.29) is 18.6 Å². The molecule has 0 radical (unpaired) electrons. The summed E-state index contributed by atoms with van der Waals surface area (Å²) in [4.78, 5) is 18.3. The zero-order valence-corrected chi connectivity index (χ0v) is 11.5. The smallest absolute Gasteiger partial charge is 0.272 e. The molecule has 2 atom stereocenters. The van der Waals surface area contributed by atoms with Crippen LogP contribution in [0, 0.1) is 5.92 Å². The molecule has 1 saturated heterocycles. The molecule has 0 aromatic carbocycles. The van der Waals surface area contributed by atoms with Crippen molar-refractivity contribution in [3.8, 4) is 0 Å². The van der Waals surface area contributed by atoms with Gasteiger partial charge in [0.2, 0.25) is 0 Å². The molecule has 2 rings (SSSR count). The van der Waals surface area contributed by atoms with Gasteiger partial charge in [-0.25, -0.2) is 0 Å². The van der Waals surface area contributed by atoms with Crippen LogP contribution in [0.15, 0.2) is 18.3 Å². The Kier molecular flexibility index (Phi) is 4.37. The van der Waals surface area contributed by atoms with E-state index in [1.54, 1.807) is 17.2 Å². The average Bonchev–Trinajstić information content (AvgIpc) is 2.79. The van der Waals surface area contributed by atoms with Gasteiger partial charge in [-0.2, -0.15) is 0 Å². The summed E-state index contributed by atoms with van der Waals surface area (Å²) in [6.07, 6.45) is 2.57. The van der Waals surface area contributed by atoms with Crippen LogP contribution in [0.3, 0.4) is 0 Å². The van der Waals surface area contributed by atoms with Crippen LogP contribution in [-0.4, -0.2) is 46.6 Å². The molecule has 1 aromatic heterocycles. The van der Waals surface area contributed by atoms with Crippen LogP contribution in [0.2, 0.25) is 0 Å². The van der Waals surface area contributed by atoms with Crippen molar-refractivity contribution < 1.29 is 9.90 Å². The summed E-state index contributed by atoms with van der Waals surface area (Å²) in [6.45, 7) is 5.58. The first-order valence-corrected chi connectivity index (χ1v) is 6.79. The maximum Gasteiger partial charge on any atom is 0.272 e. The molecule has 0 bridgehead atoms. The van der Waals surface area contributed by atoms with Gasteiger partial charge in [-0.3, -0.25) is 9.78 Å². The van der Waals surface area contributed by atoms with Crippen molar-refractivity contribution in [2.75, 3.05) is 25.0 Å². The molecule has 2 unspecified atom stereocenters. The minimum absolute atomic E-state index is 0.0137. The number of anilines is 1. The molecule has 0 aliphatic carbocycles. The van der Waals surface area contributed by atoms with Gasteiger partial charge in [0.05, 0.1) is 12.6 Å². The summed E-state index contributed by atoms with van der Waals surface area (Å²) in [5.74, 6) is 0.244. The van der Waals surface area contributed by atoms with Gasteiger partial charge in [-0.05, 0) is 31.4 Å². The SMILES string of the molecule is CCNc1ccnc(C(=O)N2CCC(C)C2CO)c1. The Bertz CT molecular complexity index is 450. The Morgan fingerprint density at radius 3 is 3.11 bits per heavy atom. The Morgan fingerprint density at radius 1 is 1.63 bits per heavy atom. The third-order valence-corrected chi connectivity index (χ3v) is 3.69. The number of hydrogen-bond acceptors (Lipinski definition) is 4. The largest absolute Gasteiger partial charge is 0.394 e. The van der Waals surface area contributed by atoms with Crippen molar-refractivity contribution in [1.29, 1.82) is 0 Å². The molecule has 104 valence electrons. The van der Waals surface area contributed by atoms with Crippen LogP contribution < -0.4 is 5.32 Å². The van der Waals surface area contributed by atoms with Crippen molar-refractivity contribution >= 4 is 11.6 Å². The number of aliphatic hydroxyl groups is 1. The van der Waals surface area contributed by atoms with E-state index in [0.717, 1.165) is 18.7 Å². The van der Waals surface area contributed by atoms with Crippen molar-refractivity contribution in [2.45, 2.75) is 26.3 Å². The zero-order valence-electron chi connectivity index (χ0n) is 11.5. The average molecular weight is 263 g/mol. The lowest BCUT2D eigenvalue weighted by Gasteiger charge is -2.25. The summed E-state index contributed by atoms with van der Waals surface area (Å²) in [6, 6.07) is 3.52. The van der Waals surface area contributed by atoms with Gasteiger partial charge in [0.15, 0.2) is 0 Å². The minimum atomic E-state index is -0.0943. The quantitative estimate of drug-likeness (QED) is 0.860. The first-order valence-electron chi connectivity index (χ1n) is 6.79. The molecule has 5 nitrogen and oxygen atoms in total. The highest BCUT2D eigenvalue weighted by atomic mass is 16.3. The Balaban J connectivity index is 2.17. The van der Waals surface area contributed by atoms with Gasteiger partial charge < -0.3 is 15.3 Å². The summed E-state index contributed by atoms with van der Waals surface area (Å²) in [7, 11) is 0.